The zero-order chi connectivity index (χ0) is 35.7. The maximum Gasteiger partial charge on any atom is 0.338 e. The molecule has 12 heteroatoms. The van der Waals surface area contributed by atoms with Crippen LogP contribution in [-0.2, 0) is 27.1 Å². The summed E-state index contributed by atoms with van der Waals surface area (Å²) in [5.74, 6) is 0.818. The predicted octanol–water partition coefficient (Wildman–Crippen LogP) is 6.69. The van der Waals surface area contributed by atoms with Gasteiger partial charge in [-0.1, -0.05) is 71.7 Å². The Balaban J connectivity index is 0.00000523. The van der Waals surface area contributed by atoms with Gasteiger partial charge in [-0.25, -0.2) is 14.6 Å². The van der Waals surface area contributed by atoms with Crippen molar-refractivity contribution >= 4 is 35.1 Å². The first-order valence-corrected chi connectivity index (χ1v) is 18.2. The van der Waals surface area contributed by atoms with Crippen molar-refractivity contribution in [2.75, 3.05) is 40.4 Å². The Kier molecular flexibility index (Phi) is 13.9. The number of rotatable bonds is 15. The largest absolute Gasteiger partial charge is 0.870 e. The van der Waals surface area contributed by atoms with Crippen LogP contribution in [0.25, 0.3) is 0 Å². The van der Waals surface area contributed by atoms with E-state index in [1.807, 2.05) is 48.5 Å². The number of hydrogen-bond acceptors (Lipinski definition) is 9. The number of H-pyrrole nitrogens is 1. The number of nitrogens with one attached hydrogen (secondary N) is 2. The van der Waals surface area contributed by atoms with Crippen LogP contribution in [0.4, 0.5) is 0 Å². The van der Waals surface area contributed by atoms with Crippen molar-refractivity contribution in [1.29, 1.82) is 0 Å². The van der Waals surface area contributed by atoms with Crippen molar-refractivity contribution < 1.29 is 39.0 Å². The minimum Gasteiger partial charge on any atom is -0.870 e. The first-order chi connectivity index (χ1) is 24.8. The molecule has 3 atom stereocenters. The molecule has 0 radical (unpaired) electrons. The maximum absolute atomic E-state index is 13.5. The topological polar surface area (TPSA) is 130 Å². The van der Waals surface area contributed by atoms with E-state index in [1.54, 1.807) is 50.9 Å². The van der Waals surface area contributed by atoms with Gasteiger partial charge in [0.25, 0.3) is 0 Å². The molecule has 4 aromatic rings. The lowest BCUT2D eigenvalue weighted by atomic mass is 9.86. The summed E-state index contributed by atoms with van der Waals surface area (Å²) < 4.78 is 23.1. The minimum absolute atomic E-state index is 0. The van der Waals surface area contributed by atoms with E-state index < -0.39 is 18.1 Å². The molecule has 3 saturated heterocycles. The summed E-state index contributed by atoms with van der Waals surface area (Å²) in [6.07, 6.45) is 6.49. The number of aromatic amines is 1. The number of methoxy groups -OCH3 is 2. The first kappa shape index (κ1) is 39.0. The standard InChI is InChI=1S/C40H43Cl2N3O6.H2O/c1-48-34-15-14-30(21-36(34)49-2)35(22-31-32(41)23-43-24-33(31)42)50-39(46)29-12-10-26(11-13-29)7-6-18-44-38(28-8-4-3-5-9-28)40(47)51-37-25-45-19-16-27(37)17-20-45;/h3-5,8-15,21,23-24,27,35,37-38,44H,6-7,16-20,22,25H2,1-2H3;1H2/t35-,37-,38?;/m0./s1. The molecule has 3 aliphatic heterocycles. The molecular weight excluding hydrogens is 705 g/mol. The fraction of sp³-hybridized carbons (Fsp3) is 0.375. The Labute approximate surface area is 314 Å². The van der Waals surface area contributed by atoms with Gasteiger partial charge in [0.2, 0.25) is 0 Å². The highest BCUT2D eigenvalue weighted by Gasteiger charge is 2.38. The second-order valence-electron chi connectivity index (χ2n) is 13.1. The Morgan fingerprint density at radius 2 is 1.60 bits per heavy atom. The van der Waals surface area contributed by atoms with E-state index in [-0.39, 0.29) is 24.0 Å². The van der Waals surface area contributed by atoms with E-state index in [0.29, 0.717) is 50.7 Å². The number of piperidine rings is 3. The third kappa shape index (κ3) is 9.61. The van der Waals surface area contributed by atoms with Crippen molar-refractivity contribution in [3.63, 3.8) is 0 Å². The second-order valence-corrected chi connectivity index (χ2v) is 13.9. The van der Waals surface area contributed by atoms with Crippen molar-refractivity contribution in [2.24, 2.45) is 5.92 Å². The van der Waals surface area contributed by atoms with Gasteiger partial charge in [-0.2, -0.15) is 0 Å². The summed E-state index contributed by atoms with van der Waals surface area (Å²) in [5.41, 5.74) is 3.73. The van der Waals surface area contributed by atoms with Gasteiger partial charge in [-0.05, 0) is 92.2 Å². The van der Waals surface area contributed by atoms with Crippen molar-refractivity contribution in [3.05, 3.63) is 123 Å². The lowest BCUT2D eigenvalue weighted by Crippen LogP contribution is -2.52. The van der Waals surface area contributed by atoms with Gasteiger partial charge in [0, 0.05) is 18.5 Å². The second kappa shape index (κ2) is 18.5. The fourth-order valence-electron chi connectivity index (χ4n) is 6.93. The van der Waals surface area contributed by atoms with Gasteiger partial charge >= 0.3 is 11.9 Å². The summed E-state index contributed by atoms with van der Waals surface area (Å²) >= 11 is 13.0. The minimum atomic E-state index is -0.713. The lowest BCUT2D eigenvalue weighted by Gasteiger charge is -2.44. The highest BCUT2D eigenvalue weighted by atomic mass is 35.5. The Hall–Kier alpha value is -4.19. The van der Waals surface area contributed by atoms with Gasteiger partial charge in [0.05, 0.1) is 19.8 Å². The zero-order valence-corrected chi connectivity index (χ0v) is 30.9. The van der Waals surface area contributed by atoms with Gasteiger partial charge in [0.1, 0.15) is 28.3 Å². The number of ether oxygens (including phenoxy) is 4. The van der Waals surface area contributed by atoms with E-state index in [1.165, 1.54) is 0 Å². The normalized spacial score (nSPS) is 18.8. The summed E-state index contributed by atoms with van der Waals surface area (Å²) in [4.78, 5) is 32.2. The Bertz CT molecular complexity index is 1770. The molecule has 276 valence electrons. The van der Waals surface area contributed by atoms with Crippen molar-refractivity contribution in [3.8, 4) is 11.5 Å². The summed E-state index contributed by atoms with van der Waals surface area (Å²) in [6, 6.07) is 22.0. The molecule has 4 heterocycles. The van der Waals surface area contributed by atoms with Crippen LogP contribution in [0.3, 0.4) is 0 Å². The van der Waals surface area contributed by atoms with Gasteiger partial charge in [0.15, 0.2) is 23.9 Å². The molecular formula is C40H45Cl2N3O7. The van der Waals surface area contributed by atoms with Crippen LogP contribution in [0.2, 0.25) is 10.0 Å². The summed E-state index contributed by atoms with van der Waals surface area (Å²) in [6.45, 7) is 3.64. The van der Waals surface area contributed by atoms with Crippen molar-refractivity contribution in [1.82, 2.24) is 10.2 Å². The molecule has 3 N–H and O–H groups in total. The van der Waals surface area contributed by atoms with Gasteiger partial charge in [-0.15, -0.1) is 0 Å². The number of aromatic nitrogens is 1. The number of carbonyl (C=O) groups excluding carboxylic acids is 2. The molecule has 7 rings (SSSR count). The highest BCUT2D eigenvalue weighted by Crippen LogP contribution is 2.35. The molecule has 0 saturated carbocycles. The average Bonchev–Trinajstić information content (AvgIpc) is 3.16. The lowest BCUT2D eigenvalue weighted by molar-refractivity contribution is -0.377. The number of benzene rings is 3. The Morgan fingerprint density at radius 1 is 0.904 bits per heavy atom. The molecule has 1 aromatic heterocycles. The number of hydrogen-bond donors (Lipinski definition) is 1. The molecule has 10 nitrogen and oxygen atoms in total. The summed E-state index contributed by atoms with van der Waals surface area (Å²) in [7, 11) is 3.11. The molecule has 3 fully saturated rings. The van der Waals surface area contributed by atoms with Crippen LogP contribution in [0.5, 0.6) is 11.5 Å². The fourth-order valence-corrected chi connectivity index (χ4v) is 7.46. The number of pyridine rings is 1. The number of esters is 2. The molecule has 3 aliphatic rings. The van der Waals surface area contributed by atoms with Gasteiger partial charge in [-0.3, -0.25) is 4.90 Å². The Morgan fingerprint density at radius 3 is 2.23 bits per heavy atom. The number of halogens is 2. The van der Waals surface area contributed by atoms with Gasteiger partial charge < -0.3 is 29.7 Å². The van der Waals surface area contributed by atoms with Crippen LogP contribution in [0.15, 0.2) is 85.2 Å². The number of nitrogens with zero attached hydrogens (tertiary/aromatic N) is 1. The predicted molar refractivity (Wildman–Crippen MR) is 197 cm³/mol. The zero-order valence-electron chi connectivity index (χ0n) is 29.4. The van der Waals surface area contributed by atoms with Crippen LogP contribution < -0.4 is 19.8 Å². The molecule has 0 spiro atoms. The maximum atomic E-state index is 13.5. The smallest absolute Gasteiger partial charge is 0.338 e. The van der Waals surface area contributed by atoms with Crippen molar-refractivity contribution in [2.45, 2.75) is 50.4 Å². The van der Waals surface area contributed by atoms with E-state index >= 15 is 0 Å². The SMILES string of the molecule is COc1ccc([C@H](Cc2c(Cl)c[nH+]cc2Cl)OC(=O)c2ccc(CCCNC(C(=O)O[C@H]3CN4CCC3CC4)c3ccccc3)cc2)cc1OC.[OH-]. The monoisotopic (exact) mass is 749 g/mol. The first-order valence-electron chi connectivity index (χ1n) is 17.4. The third-order valence-electron chi connectivity index (χ3n) is 9.83. The van der Waals surface area contributed by atoms with Crippen LogP contribution in [0.1, 0.15) is 64.0 Å². The number of aryl methyl sites for hydroxylation is 1. The molecule has 0 amide bonds. The van der Waals surface area contributed by atoms with E-state index in [4.69, 9.17) is 42.1 Å². The quantitative estimate of drug-likeness (QED) is 0.104. The summed E-state index contributed by atoms with van der Waals surface area (Å²) in [5, 5.41) is 4.32. The molecule has 3 aromatic carbocycles. The molecule has 52 heavy (non-hydrogen) atoms. The van der Waals surface area contributed by atoms with E-state index in [2.05, 4.69) is 15.2 Å². The number of fused-ring (bicyclic) bond motifs is 3. The van der Waals surface area contributed by atoms with Crippen LogP contribution >= 0.6 is 23.2 Å². The molecule has 0 aliphatic carbocycles. The molecule has 2 bridgehead atoms. The third-order valence-corrected chi connectivity index (χ3v) is 10.5. The molecule has 1 unspecified atom stereocenters. The van der Waals surface area contributed by atoms with E-state index in [9.17, 15) is 9.59 Å². The van der Waals surface area contributed by atoms with E-state index in [0.717, 1.165) is 56.4 Å². The highest BCUT2D eigenvalue weighted by molar-refractivity contribution is 6.35. The number of carbonyl (C=O) groups is 2. The average molecular weight is 751 g/mol. The van der Waals surface area contributed by atoms with Crippen LogP contribution in [-0.4, -0.2) is 68.8 Å². The van der Waals surface area contributed by atoms with Crippen LogP contribution in [0, 0.1) is 5.92 Å².